The number of hydrogen-bond acceptors (Lipinski definition) is 4. The van der Waals surface area contributed by atoms with Gasteiger partial charge in [0.2, 0.25) is 0 Å². The Morgan fingerprint density at radius 3 is 2.44 bits per heavy atom. The standard InChI is InChI=1S/C29H32F3N3O4/c1-2-19-10-14-28(15-11-19)34-25(22-4-3-5-23(18-22)29(30,31)32)27(39)35(28)17-13-20-6-8-21(9-7-20)26(38)33-16-12-24(36)37/h3-9,18-19H,2,10-17H2,1H3,(H,33,38)(H,36,37). The van der Waals surface area contributed by atoms with E-state index in [-0.39, 0.29) is 36.1 Å². The molecule has 2 aliphatic rings. The monoisotopic (exact) mass is 543 g/mol. The summed E-state index contributed by atoms with van der Waals surface area (Å²) in [4.78, 5) is 43.0. The fourth-order valence-corrected chi connectivity index (χ4v) is 5.35. The molecule has 0 atom stereocenters. The Labute approximate surface area is 225 Å². The summed E-state index contributed by atoms with van der Waals surface area (Å²) in [6.45, 7) is 2.50. The first kappa shape index (κ1) is 28.3. The van der Waals surface area contributed by atoms with Crippen molar-refractivity contribution >= 4 is 23.5 Å². The molecule has 1 fully saturated rings. The minimum absolute atomic E-state index is 0.0299. The molecule has 0 radical (unpaired) electrons. The smallest absolute Gasteiger partial charge is 0.416 e. The molecule has 2 amide bonds. The number of carboxylic acid groups (broad SMARTS) is 1. The Bertz CT molecular complexity index is 1250. The third kappa shape index (κ3) is 6.49. The van der Waals surface area contributed by atoms with Crippen molar-refractivity contribution in [2.75, 3.05) is 13.1 Å². The Kier molecular flexibility index (Phi) is 8.42. The molecule has 1 saturated carbocycles. The minimum Gasteiger partial charge on any atom is -0.481 e. The van der Waals surface area contributed by atoms with Crippen molar-refractivity contribution in [1.82, 2.24) is 10.2 Å². The number of aliphatic carboxylic acids is 1. The number of benzene rings is 2. The highest BCUT2D eigenvalue weighted by atomic mass is 19.4. The van der Waals surface area contributed by atoms with Crippen LogP contribution in [0.1, 0.15) is 72.5 Å². The second-order valence-electron chi connectivity index (χ2n) is 10.2. The summed E-state index contributed by atoms with van der Waals surface area (Å²) < 4.78 is 40.1. The van der Waals surface area contributed by atoms with Crippen LogP contribution in [0, 0.1) is 5.92 Å². The molecule has 0 bridgehead atoms. The number of amides is 2. The van der Waals surface area contributed by atoms with Gasteiger partial charge in [-0.2, -0.15) is 13.2 Å². The highest BCUT2D eigenvalue weighted by molar-refractivity contribution is 6.46. The average molecular weight is 544 g/mol. The first-order chi connectivity index (χ1) is 18.5. The number of hydrogen-bond donors (Lipinski definition) is 2. The second kappa shape index (κ2) is 11.6. The van der Waals surface area contributed by atoms with Crippen LogP contribution in [0.25, 0.3) is 0 Å². The molecule has 0 unspecified atom stereocenters. The van der Waals surface area contributed by atoms with E-state index in [1.54, 1.807) is 29.2 Å². The lowest BCUT2D eigenvalue weighted by Gasteiger charge is -2.41. The summed E-state index contributed by atoms with van der Waals surface area (Å²) in [6.07, 6.45) is -0.0600. The van der Waals surface area contributed by atoms with E-state index in [0.717, 1.165) is 37.0 Å². The lowest BCUT2D eigenvalue weighted by Crippen LogP contribution is -2.49. The van der Waals surface area contributed by atoms with Gasteiger partial charge in [-0.3, -0.25) is 19.4 Å². The zero-order valence-electron chi connectivity index (χ0n) is 21.8. The maximum atomic E-state index is 13.6. The van der Waals surface area contributed by atoms with Crippen molar-refractivity contribution in [2.45, 2.75) is 63.7 Å². The van der Waals surface area contributed by atoms with Crippen molar-refractivity contribution in [3.05, 3.63) is 70.8 Å². The normalized spacial score (nSPS) is 21.2. The first-order valence-corrected chi connectivity index (χ1v) is 13.2. The number of rotatable bonds is 9. The number of aliphatic imine (C=N–C) groups is 1. The van der Waals surface area contributed by atoms with E-state index >= 15 is 0 Å². The predicted octanol–water partition coefficient (Wildman–Crippen LogP) is 5.08. The molecule has 2 aromatic carbocycles. The van der Waals surface area contributed by atoms with Gasteiger partial charge in [-0.05, 0) is 67.9 Å². The Balaban J connectivity index is 1.51. The SMILES string of the molecule is CCC1CCC2(CC1)N=C(c1cccc(C(F)(F)F)c1)C(=O)N2CCc1ccc(C(=O)NCCC(=O)O)cc1. The van der Waals surface area contributed by atoms with Gasteiger partial charge in [0.25, 0.3) is 11.8 Å². The van der Waals surface area contributed by atoms with Crippen molar-refractivity contribution in [2.24, 2.45) is 10.9 Å². The Morgan fingerprint density at radius 1 is 1.13 bits per heavy atom. The Hall–Kier alpha value is -3.69. The van der Waals surface area contributed by atoms with E-state index in [1.165, 1.54) is 12.1 Å². The fraction of sp³-hybridized carbons (Fsp3) is 0.448. The van der Waals surface area contributed by atoms with Crippen LogP contribution in [-0.2, 0) is 22.2 Å². The predicted molar refractivity (Wildman–Crippen MR) is 139 cm³/mol. The van der Waals surface area contributed by atoms with E-state index in [1.807, 2.05) is 0 Å². The van der Waals surface area contributed by atoms with Gasteiger partial charge < -0.3 is 15.3 Å². The summed E-state index contributed by atoms with van der Waals surface area (Å²) in [6, 6.07) is 11.6. The van der Waals surface area contributed by atoms with Gasteiger partial charge in [-0.25, -0.2) is 0 Å². The van der Waals surface area contributed by atoms with Crippen LogP contribution in [0.15, 0.2) is 53.5 Å². The van der Waals surface area contributed by atoms with Gasteiger partial charge in [0, 0.05) is 24.2 Å². The maximum absolute atomic E-state index is 13.6. The number of nitrogens with zero attached hydrogens (tertiary/aromatic N) is 2. The van der Waals surface area contributed by atoms with E-state index in [9.17, 15) is 27.6 Å². The van der Waals surface area contributed by atoms with Crippen LogP contribution in [-0.4, -0.2) is 52.3 Å². The number of carboxylic acids is 1. The largest absolute Gasteiger partial charge is 0.481 e. The molecule has 0 saturated heterocycles. The zero-order chi connectivity index (χ0) is 28.2. The van der Waals surface area contributed by atoms with Crippen LogP contribution < -0.4 is 5.32 Å². The van der Waals surface area contributed by atoms with E-state index in [2.05, 4.69) is 12.2 Å². The lowest BCUT2D eigenvalue weighted by molar-refractivity contribution is -0.138. The number of carbonyl (C=O) groups excluding carboxylic acids is 2. The second-order valence-corrected chi connectivity index (χ2v) is 10.2. The third-order valence-corrected chi connectivity index (χ3v) is 7.68. The lowest BCUT2D eigenvalue weighted by atomic mass is 9.80. The molecule has 1 spiro atoms. The van der Waals surface area contributed by atoms with Crippen LogP contribution in [0.5, 0.6) is 0 Å². The zero-order valence-corrected chi connectivity index (χ0v) is 21.8. The van der Waals surface area contributed by atoms with Gasteiger partial charge in [0.1, 0.15) is 11.4 Å². The summed E-state index contributed by atoms with van der Waals surface area (Å²) in [5.41, 5.74) is -0.0569. The highest BCUT2D eigenvalue weighted by Crippen LogP contribution is 2.43. The van der Waals surface area contributed by atoms with Crippen LogP contribution >= 0.6 is 0 Å². The summed E-state index contributed by atoms with van der Waals surface area (Å²) in [7, 11) is 0. The van der Waals surface area contributed by atoms with Crippen LogP contribution in [0.4, 0.5) is 13.2 Å². The third-order valence-electron chi connectivity index (χ3n) is 7.68. The first-order valence-electron chi connectivity index (χ1n) is 13.2. The molecule has 7 nitrogen and oxygen atoms in total. The molecule has 2 N–H and O–H groups in total. The number of halogens is 3. The molecule has 2 aromatic rings. The number of carbonyl (C=O) groups is 3. The molecule has 208 valence electrons. The van der Waals surface area contributed by atoms with Gasteiger partial charge in [-0.1, -0.05) is 37.6 Å². The average Bonchev–Trinajstić information content (AvgIpc) is 3.18. The van der Waals surface area contributed by atoms with Crippen LogP contribution in [0.2, 0.25) is 0 Å². The molecule has 0 aromatic heterocycles. The van der Waals surface area contributed by atoms with Gasteiger partial charge in [0.05, 0.1) is 12.0 Å². The molecule has 10 heteroatoms. The summed E-state index contributed by atoms with van der Waals surface area (Å²) in [5, 5.41) is 11.3. The van der Waals surface area contributed by atoms with E-state index in [4.69, 9.17) is 10.1 Å². The molecule has 4 rings (SSSR count). The molecule has 39 heavy (non-hydrogen) atoms. The van der Waals surface area contributed by atoms with Gasteiger partial charge >= 0.3 is 12.1 Å². The van der Waals surface area contributed by atoms with E-state index in [0.29, 0.717) is 37.3 Å². The van der Waals surface area contributed by atoms with Crippen molar-refractivity contribution in [1.29, 1.82) is 0 Å². The molecular weight excluding hydrogens is 511 g/mol. The van der Waals surface area contributed by atoms with Crippen molar-refractivity contribution in [3.8, 4) is 0 Å². The van der Waals surface area contributed by atoms with Crippen molar-refractivity contribution < 1.29 is 32.7 Å². The molecule has 1 aliphatic heterocycles. The number of nitrogens with one attached hydrogen (secondary N) is 1. The maximum Gasteiger partial charge on any atom is 0.416 e. The minimum atomic E-state index is -4.52. The fourth-order valence-electron chi connectivity index (χ4n) is 5.35. The molecular formula is C29H32F3N3O4. The summed E-state index contributed by atoms with van der Waals surface area (Å²) in [5.74, 6) is -1.19. The topological polar surface area (TPSA) is 99.1 Å². The highest BCUT2D eigenvalue weighted by Gasteiger charge is 2.48. The van der Waals surface area contributed by atoms with Crippen LogP contribution in [0.3, 0.4) is 0 Å². The van der Waals surface area contributed by atoms with Gasteiger partial charge in [-0.15, -0.1) is 0 Å². The van der Waals surface area contributed by atoms with E-state index < -0.39 is 23.4 Å². The molecule has 1 aliphatic carbocycles. The number of alkyl halides is 3. The van der Waals surface area contributed by atoms with Crippen molar-refractivity contribution in [3.63, 3.8) is 0 Å². The summed E-state index contributed by atoms with van der Waals surface area (Å²) >= 11 is 0. The van der Waals surface area contributed by atoms with Gasteiger partial charge in [0.15, 0.2) is 0 Å². The quantitative estimate of drug-likeness (QED) is 0.461. The molecule has 1 heterocycles. The Morgan fingerprint density at radius 2 is 1.82 bits per heavy atom.